The maximum atomic E-state index is 11.6. The molecular formula is C11H16N2O4S. The third-order valence-electron chi connectivity index (χ3n) is 2.27. The molecule has 0 aromatic carbocycles. The third kappa shape index (κ3) is 5.74. The number of pyridine rings is 1. The summed E-state index contributed by atoms with van der Waals surface area (Å²) < 4.78 is 30.1. The number of nitrogens with one attached hydrogen (secondary N) is 1. The van der Waals surface area contributed by atoms with Gasteiger partial charge in [-0.3, -0.25) is 9.78 Å². The van der Waals surface area contributed by atoms with Gasteiger partial charge in [0.15, 0.2) is 0 Å². The van der Waals surface area contributed by atoms with Crippen LogP contribution in [0, 0.1) is 0 Å². The van der Waals surface area contributed by atoms with Crippen LogP contribution < -0.4 is 4.72 Å². The Hall–Kier alpha value is -1.47. The van der Waals surface area contributed by atoms with E-state index in [9.17, 15) is 13.2 Å². The van der Waals surface area contributed by atoms with Crippen molar-refractivity contribution in [3.8, 4) is 0 Å². The molecule has 1 N–H and O–H groups in total. The average Bonchev–Trinajstić information content (AvgIpc) is 2.37. The highest BCUT2D eigenvalue weighted by Gasteiger charge is 2.11. The zero-order valence-electron chi connectivity index (χ0n) is 10.1. The van der Waals surface area contributed by atoms with Crippen LogP contribution in [0.25, 0.3) is 0 Å². The summed E-state index contributed by atoms with van der Waals surface area (Å²) in [6.45, 7) is 0.225. The van der Waals surface area contributed by atoms with Crippen LogP contribution in [0.4, 0.5) is 0 Å². The summed E-state index contributed by atoms with van der Waals surface area (Å²) in [5, 5.41) is 0. The molecule has 0 bridgehead atoms. The smallest absolute Gasteiger partial charge is 0.305 e. The normalized spacial score (nSPS) is 11.2. The molecule has 0 aliphatic carbocycles. The molecule has 0 aliphatic rings. The molecule has 1 aromatic heterocycles. The topological polar surface area (TPSA) is 85.4 Å². The van der Waals surface area contributed by atoms with Crippen LogP contribution in [0.2, 0.25) is 0 Å². The largest absolute Gasteiger partial charge is 0.469 e. The third-order valence-corrected chi connectivity index (χ3v) is 3.68. The van der Waals surface area contributed by atoms with Crippen molar-refractivity contribution >= 4 is 16.0 Å². The Labute approximate surface area is 106 Å². The average molecular weight is 272 g/mol. The second kappa shape index (κ2) is 7.07. The molecular weight excluding hydrogens is 256 g/mol. The first-order chi connectivity index (χ1) is 8.53. The van der Waals surface area contributed by atoms with Gasteiger partial charge in [-0.1, -0.05) is 0 Å². The first kappa shape index (κ1) is 14.6. The molecule has 1 rings (SSSR count). The minimum Gasteiger partial charge on any atom is -0.469 e. The number of carbonyl (C=O) groups excluding carboxylic acids is 1. The lowest BCUT2D eigenvalue weighted by Gasteiger charge is -2.06. The highest BCUT2D eigenvalue weighted by Crippen LogP contribution is 2.00. The van der Waals surface area contributed by atoms with E-state index in [1.165, 1.54) is 7.11 Å². The first-order valence-corrected chi connectivity index (χ1v) is 7.12. The summed E-state index contributed by atoms with van der Waals surface area (Å²) >= 11 is 0. The SMILES string of the molecule is COC(=O)CCCS(=O)(=O)NCc1ccncc1. The summed E-state index contributed by atoms with van der Waals surface area (Å²) in [5.41, 5.74) is 0.835. The van der Waals surface area contributed by atoms with Crippen molar-refractivity contribution in [2.75, 3.05) is 12.9 Å². The van der Waals surface area contributed by atoms with E-state index in [0.29, 0.717) is 0 Å². The van der Waals surface area contributed by atoms with E-state index in [1.54, 1.807) is 24.5 Å². The standard InChI is InChI=1S/C11H16N2O4S/c1-17-11(14)3-2-8-18(15,16)13-9-10-4-6-12-7-5-10/h4-7,13H,2-3,8-9H2,1H3. The molecule has 0 spiro atoms. The first-order valence-electron chi connectivity index (χ1n) is 5.46. The van der Waals surface area contributed by atoms with E-state index in [1.807, 2.05) is 0 Å². The number of hydrogen-bond donors (Lipinski definition) is 1. The lowest BCUT2D eigenvalue weighted by atomic mass is 10.3. The highest BCUT2D eigenvalue weighted by atomic mass is 32.2. The van der Waals surface area contributed by atoms with Gasteiger partial charge in [0, 0.05) is 25.4 Å². The maximum Gasteiger partial charge on any atom is 0.305 e. The molecule has 0 aliphatic heterocycles. The van der Waals surface area contributed by atoms with Crippen LogP contribution in [0.1, 0.15) is 18.4 Å². The van der Waals surface area contributed by atoms with Gasteiger partial charge in [0.25, 0.3) is 0 Å². The summed E-state index contributed by atoms with van der Waals surface area (Å²) in [4.78, 5) is 14.7. The number of aromatic nitrogens is 1. The van der Waals surface area contributed by atoms with E-state index in [2.05, 4.69) is 14.4 Å². The number of methoxy groups -OCH3 is 1. The van der Waals surface area contributed by atoms with Crippen molar-refractivity contribution in [2.24, 2.45) is 0 Å². The fourth-order valence-corrected chi connectivity index (χ4v) is 2.33. The Bertz CT molecular complexity index is 473. The van der Waals surface area contributed by atoms with Crippen molar-refractivity contribution in [2.45, 2.75) is 19.4 Å². The Morgan fingerprint density at radius 2 is 2.06 bits per heavy atom. The van der Waals surface area contributed by atoms with Crippen LogP contribution in [0.3, 0.4) is 0 Å². The summed E-state index contributed by atoms with van der Waals surface area (Å²) in [7, 11) is -2.09. The number of sulfonamides is 1. The molecule has 100 valence electrons. The lowest BCUT2D eigenvalue weighted by Crippen LogP contribution is -2.26. The Balaban J connectivity index is 2.34. The fourth-order valence-electron chi connectivity index (χ4n) is 1.27. The van der Waals surface area contributed by atoms with Crippen LogP contribution in [-0.4, -0.2) is 32.2 Å². The summed E-state index contributed by atoms with van der Waals surface area (Å²) in [6.07, 6.45) is 3.55. The second-order valence-electron chi connectivity index (χ2n) is 3.68. The molecule has 0 unspecified atom stereocenters. The molecule has 0 radical (unpaired) electrons. The molecule has 18 heavy (non-hydrogen) atoms. The van der Waals surface area contributed by atoms with Gasteiger partial charge in [-0.2, -0.15) is 0 Å². The molecule has 0 saturated heterocycles. The predicted molar refractivity (Wildman–Crippen MR) is 66.1 cm³/mol. The van der Waals surface area contributed by atoms with E-state index in [-0.39, 0.29) is 25.1 Å². The van der Waals surface area contributed by atoms with Gasteiger partial charge in [0.05, 0.1) is 12.9 Å². The minimum absolute atomic E-state index is 0.0901. The molecule has 1 aromatic rings. The van der Waals surface area contributed by atoms with Gasteiger partial charge in [-0.25, -0.2) is 13.1 Å². The molecule has 0 fully saturated rings. The number of carbonyl (C=O) groups is 1. The number of hydrogen-bond acceptors (Lipinski definition) is 5. The number of rotatable bonds is 7. The van der Waals surface area contributed by atoms with Gasteiger partial charge >= 0.3 is 5.97 Å². The van der Waals surface area contributed by atoms with E-state index in [0.717, 1.165) is 5.56 Å². The van der Waals surface area contributed by atoms with Crippen molar-refractivity contribution in [1.29, 1.82) is 0 Å². The maximum absolute atomic E-state index is 11.6. The molecule has 6 nitrogen and oxygen atoms in total. The quantitative estimate of drug-likeness (QED) is 0.729. The van der Waals surface area contributed by atoms with Crippen molar-refractivity contribution < 1.29 is 17.9 Å². The van der Waals surface area contributed by atoms with E-state index in [4.69, 9.17) is 0 Å². The van der Waals surface area contributed by atoms with Gasteiger partial charge in [-0.05, 0) is 24.1 Å². The van der Waals surface area contributed by atoms with Crippen LogP contribution in [-0.2, 0) is 26.1 Å². The van der Waals surface area contributed by atoms with Gasteiger partial charge < -0.3 is 4.74 Å². The Morgan fingerprint density at radius 1 is 1.39 bits per heavy atom. The van der Waals surface area contributed by atoms with Crippen molar-refractivity contribution in [3.05, 3.63) is 30.1 Å². The molecule has 1 heterocycles. The summed E-state index contributed by atoms with van der Waals surface area (Å²) in [6, 6.07) is 3.47. The Kier molecular flexibility index (Phi) is 5.73. The van der Waals surface area contributed by atoms with Gasteiger partial charge in [-0.15, -0.1) is 0 Å². The van der Waals surface area contributed by atoms with E-state index < -0.39 is 16.0 Å². The van der Waals surface area contributed by atoms with Crippen LogP contribution in [0.5, 0.6) is 0 Å². The zero-order valence-corrected chi connectivity index (χ0v) is 10.9. The predicted octanol–water partition coefficient (Wildman–Crippen LogP) is 0.454. The lowest BCUT2D eigenvalue weighted by molar-refractivity contribution is -0.140. The van der Waals surface area contributed by atoms with Crippen molar-refractivity contribution in [1.82, 2.24) is 9.71 Å². The number of esters is 1. The van der Waals surface area contributed by atoms with Crippen LogP contribution >= 0.6 is 0 Å². The second-order valence-corrected chi connectivity index (χ2v) is 5.60. The zero-order chi connectivity index (χ0) is 13.4. The molecule has 7 heteroatoms. The van der Waals surface area contributed by atoms with E-state index >= 15 is 0 Å². The fraction of sp³-hybridized carbons (Fsp3) is 0.455. The number of ether oxygens (including phenoxy) is 1. The molecule has 0 amide bonds. The van der Waals surface area contributed by atoms with Gasteiger partial charge in [0.1, 0.15) is 0 Å². The van der Waals surface area contributed by atoms with Crippen molar-refractivity contribution in [3.63, 3.8) is 0 Å². The monoisotopic (exact) mass is 272 g/mol. The highest BCUT2D eigenvalue weighted by molar-refractivity contribution is 7.89. The number of nitrogens with zero attached hydrogens (tertiary/aromatic N) is 1. The van der Waals surface area contributed by atoms with Gasteiger partial charge in [0.2, 0.25) is 10.0 Å². The van der Waals surface area contributed by atoms with Crippen LogP contribution in [0.15, 0.2) is 24.5 Å². The molecule has 0 saturated carbocycles. The minimum atomic E-state index is -3.36. The Morgan fingerprint density at radius 3 is 2.67 bits per heavy atom. The summed E-state index contributed by atoms with van der Waals surface area (Å²) in [5.74, 6) is -0.493. The molecule has 0 atom stereocenters.